The minimum atomic E-state index is 0.180. The molecule has 0 saturated carbocycles. The van der Waals surface area contributed by atoms with Crippen LogP contribution in [-0.2, 0) is 0 Å². The van der Waals surface area contributed by atoms with Crippen LogP contribution in [-0.4, -0.2) is 54.7 Å². The van der Waals surface area contributed by atoms with Gasteiger partial charge in [0.1, 0.15) is 0 Å². The van der Waals surface area contributed by atoms with Gasteiger partial charge in [-0.1, -0.05) is 19.1 Å². The Morgan fingerprint density at radius 3 is 2.56 bits per heavy atom. The van der Waals surface area contributed by atoms with Crippen molar-refractivity contribution in [2.45, 2.75) is 11.8 Å². The molecule has 0 aliphatic carbocycles. The molecule has 4 heteroatoms. The lowest BCUT2D eigenvalue weighted by Crippen LogP contribution is -2.47. The van der Waals surface area contributed by atoms with Crippen molar-refractivity contribution >= 4 is 17.7 Å². The zero-order valence-electron chi connectivity index (χ0n) is 11.1. The first-order valence-corrected chi connectivity index (χ1v) is 7.40. The Labute approximate surface area is 113 Å². The minimum absolute atomic E-state index is 0.180. The van der Waals surface area contributed by atoms with Gasteiger partial charge in [-0.15, -0.1) is 11.8 Å². The molecule has 0 N–H and O–H groups in total. The van der Waals surface area contributed by atoms with Crippen molar-refractivity contribution in [3.8, 4) is 0 Å². The van der Waals surface area contributed by atoms with Crippen molar-refractivity contribution in [3.05, 3.63) is 29.8 Å². The smallest absolute Gasteiger partial charge is 0.255 e. The van der Waals surface area contributed by atoms with Crippen molar-refractivity contribution in [2.24, 2.45) is 0 Å². The highest BCUT2D eigenvalue weighted by Gasteiger charge is 2.21. The van der Waals surface area contributed by atoms with Crippen LogP contribution >= 0.6 is 11.8 Å². The van der Waals surface area contributed by atoms with Crippen LogP contribution in [0.3, 0.4) is 0 Å². The Kier molecular flexibility index (Phi) is 4.66. The van der Waals surface area contributed by atoms with Gasteiger partial charge in [-0.25, -0.2) is 0 Å². The second-order valence-electron chi connectivity index (χ2n) is 4.52. The van der Waals surface area contributed by atoms with Crippen LogP contribution in [0.15, 0.2) is 29.2 Å². The van der Waals surface area contributed by atoms with Crippen molar-refractivity contribution in [2.75, 3.05) is 39.0 Å². The van der Waals surface area contributed by atoms with Gasteiger partial charge in [0, 0.05) is 31.1 Å². The van der Waals surface area contributed by atoms with Crippen LogP contribution in [0.1, 0.15) is 17.3 Å². The molecule has 1 aromatic rings. The van der Waals surface area contributed by atoms with Gasteiger partial charge in [0.05, 0.1) is 5.56 Å². The Hall–Kier alpha value is -1.00. The molecule has 0 unspecified atom stereocenters. The Balaban J connectivity index is 2.13. The summed E-state index contributed by atoms with van der Waals surface area (Å²) < 4.78 is 0. The standard InChI is InChI=1S/C14H20N2OS/c1-3-18-13-7-5-4-6-12(13)14(17)16-10-8-15(2)9-11-16/h4-7H,3,8-11H2,1-2H3. The molecule has 1 saturated heterocycles. The number of likely N-dealkylation sites (N-methyl/N-ethyl adjacent to an activating group) is 1. The molecular weight excluding hydrogens is 244 g/mol. The third-order valence-electron chi connectivity index (χ3n) is 3.21. The fourth-order valence-corrected chi connectivity index (χ4v) is 2.90. The summed E-state index contributed by atoms with van der Waals surface area (Å²) in [5, 5.41) is 0. The topological polar surface area (TPSA) is 23.6 Å². The summed E-state index contributed by atoms with van der Waals surface area (Å²) >= 11 is 1.74. The number of thioether (sulfide) groups is 1. The monoisotopic (exact) mass is 264 g/mol. The fourth-order valence-electron chi connectivity index (χ4n) is 2.10. The van der Waals surface area contributed by atoms with Gasteiger partial charge in [-0.05, 0) is 24.9 Å². The van der Waals surface area contributed by atoms with E-state index in [1.807, 2.05) is 29.2 Å². The van der Waals surface area contributed by atoms with E-state index in [4.69, 9.17) is 0 Å². The van der Waals surface area contributed by atoms with Crippen molar-refractivity contribution in [1.29, 1.82) is 0 Å². The second kappa shape index (κ2) is 6.25. The third kappa shape index (κ3) is 3.06. The highest BCUT2D eigenvalue weighted by Crippen LogP contribution is 2.23. The summed E-state index contributed by atoms with van der Waals surface area (Å²) in [6.07, 6.45) is 0. The first-order valence-electron chi connectivity index (χ1n) is 6.42. The number of benzene rings is 1. The summed E-state index contributed by atoms with van der Waals surface area (Å²) in [5.74, 6) is 1.17. The molecule has 1 aromatic carbocycles. The molecule has 1 aliphatic rings. The van der Waals surface area contributed by atoms with E-state index in [0.29, 0.717) is 0 Å². The molecule has 98 valence electrons. The summed E-state index contributed by atoms with van der Waals surface area (Å²) in [7, 11) is 2.10. The van der Waals surface area contributed by atoms with Gasteiger partial charge in [0.25, 0.3) is 5.91 Å². The molecule has 0 bridgehead atoms. The summed E-state index contributed by atoms with van der Waals surface area (Å²) in [6.45, 7) is 5.71. The number of hydrogen-bond donors (Lipinski definition) is 0. The molecule has 1 aliphatic heterocycles. The van der Waals surface area contributed by atoms with Gasteiger partial charge >= 0.3 is 0 Å². The molecule has 1 heterocycles. The Morgan fingerprint density at radius 1 is 1.22 bits per heavy atom. The predicted molar refractivity (Wildman–Crippen MR) is 76.2 cm³/mol. The molecule has 0 spiro atoms. The maximum atomic E-state index is 12.5. The highest BCUT2D eigenvalue weighted by molar-refractivity contribution is 7.99. The molecule has 0 atom stereocenters. The summed E-state index contributed by atoms with van der Waals surface area (Å²) in [6, 6.07) is 7.93. The maximum Gasteiger partial charge on any atom is 0.255 e. The number of amides is 1. The number of piperazine rings is 1. The number of carbonyl (C=O) groups is 1. The highest BCUT2D eigenvalue weighted by atomic mass is 32.2. The third-order valence-corrected chi connectivity index (χ3v) is 4.16. The quantitative estimate of drug-likeness (QED) is 0.782. The molecule has 2 rings (SSSR count). The molecule has 1 fully saturated rings. The van der Waals surface area contributed by atoms with Crippen molar-refractivity contribution < 1.29 is 4.79 Å². The van der Waals surface area contributed by atoms with Crippen LogP contribution in [0.25, 0.3) is 0 Å². The van der Waals surface area contributed by atoms with E-state index in [9.17, 15) is 4.79 Å². The SMILES string of the molecule is CCSc1ccccc1C(=O)N1CCN(C)CC1. The lowest BCUT2D eigenvalue weighted by Gasteiger charge is -2.32. The molecule has 18 heavy (non-hydrogen) atoms. The van der Waals surface area contributed by atoms with Crippen molar-refractivity contribution in [3.63, 3.8) is 0 Å². The second-order valence-corrected chi connectivity index (χ2v) is 5.83. The van der Waals surface area contributed by atoms with Gasteiger partial charge in [-0.2, -0.15) is 0 Å². The van der Waals surface area contributed by atoms with E-state index in [1.54, 1.807) is 11.8 Å². The van der Waals surface area contributed by atoms with E-state index < -0.39 is 0 Å². The zero-order valence-corrected chi connectivity index (χ0v) is 11.9. The molecule has 1 amide bonds. The van der Waals surface area contributed by atoms with Crippen LogP contribution in [0.4, 0.5) is 0 Å². The number of hydrogen-bond acceptors (Lipinski definition) is 3. The average Bonchev–Trinajstić information content (AvgIpc) is 2.40. The van der Waals surface area contributed by atoms with E-state index in [-0.39, 0.29) is 5.91 Å². The summed E-state index contributed by atoms with van der Waals surface area (Å²) in [5.41, 5.74) is 0.855. The molecule has 0 radical (unpaired) electrons. The van der Waals surface area contributed by atoms with Gasteiger partial charge in [0.15, 0.2) is 0 Å². The summed E-state index contributed by atoms with van der Waals surface area (Å²) in [4.78, 5) is 17.8. The Morgan fingerprint density at radius 2 is 1.89 bits per heavy atom. The van der Waals surface area contributed by atoms with Crippen LogP contribution < -0.4 is 0 Å². The predicted octanol–water partition coefficient (Wildman–Crippen LogP) is 2.19. The molecular formula is C14H20N2OS. The van der Waals surface area contributed by atoms with Gasteiger partial charge in [0.2, 0.25) is 0 Å². The van der Waals surface area contributed by atoms with E-state index >= 15 is 0 Å². The number of nitrogens with zero attached hydrogens (tertiary/aromatic N) is 2. The van der Waals surface area contributed by atoms with Crippen LogP contribution in [0.2, 0.25) is 0 Å². The molecule has 0 aromatic heterocycles. The van der Waals surface area contributed by atoms with Crippen molar-refractivity contribution in [1.82, 2.24) is 9.80 Å². The van der Waals surface area contributed by atoms with E-state index in [2.05, 4.69) is 18.9 Å². The van der Waals surface area contributed by atoms with Gasteiger partial charge in [-0.3, -0.25) is 4.79 Å². The van der Waals surface area contributed by atoms with E-state index in [0.717, 1.165) is 42.4 Å². The average molecular weight is 264 g/mol. The lowest BCUT2D eigenvalue weighted by molar-refractivity contribution is 0.0660. The number of carbonyl (C=O) groups excluding carboxylic acids is 1. The fraction of sp³-hybridized carbons (Fsp3) is 0.500. The minimum Gasteiger partial charge on any atom is -0.336 e. The molecule has 3 nitrogen and oxygen atoms in total. The first kappa shape index (κ1) is 13.4. The first-order chi connectivity index (χ1) is 8.72. The van der Waals surface area contributed by atoms with Crippen LogP contribution in [0, 0.1) is 0 Å². The van der Waals surface area contributed by atoms with E-state index in [1.165, 1.54) is 0 Å². The largest absolute Gasteiger partial charge is 0.336 e. The lowest BCUT2D eigenvalue weighted by atomic mass is 10.2. The zero-order chi connectivity index (χ0) is 13.0. The van der Waals surface area contributed by atoms with Crippen LogP contribution in [0.5, 0.6) is 0 Å². The Bertz CT molecular complexity index is 414. The normalized spacial score (nSPS) is 16.9. The maximum absolute atomic E-state index is 12.5. The van der Waals surface area contributed by atoms with Gasteiger partial charge < -0.3 is 9.80 Å². The number of rotatable bonds is 3.